The minimum atomic E-state index is -0.186. The van der Waals surface area contributed by atoms with Gasteiger partial charge in [-0.05, 0) is 116 Å². The van der Waals surface area contributed by atoms with Crippen molar-refractivity contribution in [3.05, 3.63) is 58.9 Å². The molecule has 1 heterocycles. The lowest BCUT2D eigenvalue weighted by atomic mass is 9.71. The highest BCUT2D eigenvalue weighted by atomic mass is 19.1. The molecule has 0 spiro atoms. The van der Waals surface area contributed by atoms with Crippen molar-refractivity contribution < 1.29 is 9.18 Å². The number of aryl methyl sites for hydroxylation is 1. The summed E-state index contributed by atoms with van der Waals surface area (Å²) in [6.07, 6.45) is 7.31. The van der Waals surface area contributed by atoms with Gasteiger partial charge in [0.2, 0.25) is 0 Å². The van der Waals surface area contributed by atoms with Gasteiger partial charge in [-0.25, -0.2) is 4.39 Å². The van der Waals surface area contributed by atoms with Gasteiger partial charge in [-0.2, -0.15) is 0 Å². The molecule has 5 rings (SSSR count). The first-order valence-electron chi connectivity index (χ1n) is 13.4. The van der Waals surface area contributed by atoms with Crippen molar-refractivity contribution in [3.63, 3.8) is 0 Å². The SMILES string of the molecule is Cc1cc(CN2CC(C)(CC(=N)[C@H]3CC[C@H](C(C)=O)CC3)C2)cc(C2CC2)c1-c1ccc(F)cc1. The number of ketones is 1. The van der Waals surface area contributed by atoms with Gasteiger partial charge in [-0.1, -0.05) is 31.2 Å². The highest BCUT2D eigenvalue weighted by molar-refractivity contribution is 5.85. The number of nitrogens with zero attached hydrogens (tertiary/aromatic N) is 1. The van der Waals surface area contributed by atoms with Crippen molar-refractivity contribution >= 4 is 11.5 Å². The summed E-state index contributed by atoms with van der Waals surface area (Å²) in [5.41, 5.74) is 7.58. The van der Waals surface area contributed by atoms with E-state index in [2.05, 4.69) is 30.9 Å². The van der Waals surface area contributed by atoms with Crippen molar-refractivity contribution in [3.8, 4) is 11.1 Å². The van der Waals surface area contributed by atoms with Gasteiger partial charge >= 0.3 is 0 Å². The molecule has 3 nitrogen and oxygen atoms in total. The zero-order valence-corrected chi connectivity index (χ0v) is 21.5. The van der Waals surface area contributed by atoms with Crippen molar-refractivity contribution in [2.75, 3.05) is 13.1 Å². The highest BCUT2D eigenvalue weighted by Crippen LogP contribution is 2.46. The molecule has 0 radical (unpaired) electrons. The van der Waals surface area contributed by atoms with Crippen molar-refractivity contribution in [2.45, 2.75) is 78.2 Å². The monoisotopic (exact) mass is 474 g/mol. The molecule has 186 valence electrons. The van der Waals surface area contributed by atoms with E-state index in [1.54, 1.807) is 19.1 Å². The lowest BCUT2D eigenvalue weighted by molar-refractivity contribution is -0.121. The summed E-state index contributed by atoms with van der Waals surface area (Å²) in [5.74, 6) is 1.37. The van der Waals surface area contributed by atoms with E-state index in [4.69, 9.17) is 5.41 Å². The van der Waals surface area contributed by atoms with Crippen LogP contribution in [0.25, 0.3) is 11.1 Å². The Balaban J connectivity index is 1.20. The van der Waals surface area contributed by atoms with Crippen LogP contribution in [0.4, 0.5) is 4.39 Å². The Kier molecular flexibility index (Phi) is 6.69. The maximum Gasteiger partial charge on any atom is 0.132 e. The molecule has 35 heavy (non-hydrogen) atoms. The van der Waals surface area contributed by atoms with Gasteiger partial charge in [0.1, 0.15) is 11.6 Å². The third-order valence-electron chi connectivity index (χ3n) is 8.60. The van der Waals surface area contributed by atoms with E-state index in [1.807, 2.05) is 12.1 Å². The van der Waals surface area contributed by atoms with Gasteiger partial charge in [0, 0.05) is 31.3 Å². The van der Waals surface area contributed by atoms with E-state index in [1.165, 1.54) is 35.1 Å². The molecule has 2 aromatic carbocycles. The average Bonchev–Trinajstić information content (AvgIpc) is 3.64. The van der Waals surface area contributed by atoms with Crippen LogP contribution < -0.4 is 0 Å². The van der Waals surface area contributed by atoms with Crippen LogP contribution in [-0.4, -0.2) is 29.5 Å². The van der Waals surface area contributed by atoms with Gasteiger partial charge in [-0.15, -0.1) is 0 Å². The second-order valence-electron chi connectivity index (χ2n) is 12.0. The molecule has 3 aliphatic rings. The minimum absolute atomic E-state index is 0.186. The summed E-state index contributed by atoms with van der Waals surface area (Å²) in [4.78, 5) is 14.2. The number of Topliss-reactive ketones (excluding diaryl/α,β-unsaturated/α-hetero) is 1. The van der Waals surface area contributed by atoms with Gasteiger partial charge in [0.15, 0.2) is 0 Å². The fraction of sp³-hybridized carbons (Fsp3) is 0.548. The summed E-state index contributed by atoms with van der Waals surface area (Å²) < 4.78 is 13.5. The predicted molar refractivity (Wildman–Crippen MR) is 140 cm³/mol. The summed E-state index contributed by atoms with van der Waals surface area (Å²) in [6, 6.07) is 11.7. The molecule has 0 bridgehead atoms. The summed E-state index contributed by atoms with van der Waals surface area (Å²) >= 11 is 0. The quantitative estimate of drug-likeness (QED) is 0.408. The topological polar surface area (TPSA) is 44.2 Å². The molecule has 2 aliphatic carbocycles. The molecule has 1 aliphatic heterocycles. The van der Waals surface area contributed by atoms with E-state index < -0.39 is 0 Å². The molecule has 1 saturated heterocycles. The molecule has 2 aromatic rings. The number of benzene rings is 2. The van der Waals surface area contributed by atoms with Gasteiger partial charge in [0.25, 0.3) is 0 Å². The Bertz CT molecular complexity index is 1100. The number of nitrogens with one attached hydrogen (secondary N) is 1. The second kappa shape index (κ2) is 9.61. The zero-order chi connectivity index (χ0) is 24.7. The molecule has 0 aromatic heterocycles. The lowest BCUT2D eigenvalue weighted by Crippen LogP contribution is -2.55. The predicted octanol–water partition coefficient (Wildman–Crippen LogP) is 7.31. The fourth-order valence-electron chi connectivity index (χ4n) is 6.68. The van der Waals surface area contributed by atoms with Crippen LogP contribution in [0.1, 0.15) is 81.4 Å². The van der Waals surface area contributed by atoms with Gasteiger partial charge in [-0.3, -0.25) is 9.69 Å². The van der Waals surface area contributed by atoms with Crippen LogP contribution in [-0.2, 0) is 11.3 Å². The Morgan fingerprint density at radius 1 is 1.03 bits per heavy atom. The summed E-state index contributed by atoms with van der Waals surface area (Å²) in [5, 5.41) is 8.74. The largest absolute Gasteiger partial charge is 0.309 e. The molecular weight excluding hydrogens is 435 g/mol. The van der Waals surface area contributed by atoms with E-state index in [0.717, 1.165) is 63.0 Å². The summed E-state index contributed by atoms with van der Waals surface area (Å²) in [7, 11) is 0. The maximum atomic E-state index is 13.5. The van der Waals surface area contributed by atoms with Crippen LogP contribution >= 0.6 is 0 Å². The second-order valence-corrected chi connectivity index (χ2v) is 12.0. The van der Waals surface area contributed by atoms with E-state index in [-0.39, 0.29) is 17.2 Å². The third kappa shape index (κ3) is 5.43. The maximum absolute atomic E-state index is 13.5. The molecule has 2 saturated carbocycles. The molecule has 0 atom stereocenters. The lowest BCUT2D eigenvalue weighted by Gasteiger charge is -2.49. The molecule has 0 amide bonds. The fourth-order valence-corrected chi connectivity index (χ4v) is 6.68. The molecule has 1 N–H and O–H groups in total. The normalized spacial score (nSPS) is 24.1. The van der Waals surface area contributed by atoms with Crippen LogP contribution in [0.2, 0.25) is 0 Å². The number of halogens is 1. The first kappa shape index (κ1) is 24.4. The van der Waals surface area contributed by atoms with Crippen molar-refractivity contribution in [2.24, 2.45) is 17.3 Å². The molecular formula is C31H39FN2O. The van der Waals surface area contributed by atoms with Crippen molar-refractivity contribution in [1.82, 2.24) is 4.90 Å². The number of carbonyl (C=O) groups excluding carboxylic acids is 1. The minimum Gasteiger partial charge on any atom is -0.309 e. The highest BCUT2D eigenvalue weighted by Gasteiger charge is 2.41. The average molecular weight is 475 g/mol. The Labute approximate surface area is 209 Å². The Morgan fingerprint density at radius 2 is 1.66 bits per heavy atom. The first-order valence-corrected chi connectivity index (χ1v) is 13.4. The zero-order valence-electron chi connectivity index (χ0n) is 21.5. The number of carbonyl (C=O) groups is 1. The number of likely N-dealkylation sites (tertiary alicyclic amines) is 1. The third-order valence-corrected chi connectivity index (χ3v) is 8.60. The standard InChI is InChI=1S/C31H39FN2O/c1-20-14-22(15-28(24-6-7-24)30(20)26-10-12-27(32)13-11-26)17-34-18-31(3,19-34)16-29(33)25-8-4-23(5-9-25)21(2)35/h10-15,23-25,33H,4-9,16-19H2,1-3H3/t23-,25-. The van der Waals surface area contributed by atoms with E-state index in [0.29, 0.717) is 17.6 Å². The smallest absolute Gasteiger partial charge is 0.132 e. The van der Waals surface area contributed by atoms with Gasteiger partial charge in [0.05, 0.1) is 0 Å². The Hall–Kier alpha value is -2.33. The van der Waals surface area contributed by atoms with Gasteiger partial charge < -0.3 is 5.41 Å². The molecule has 3 fully saturated rings. The van der Waals surface area contributed by atoms with Crippen LogP contribution in [0.3, 0.4) is 0 Å². The van der Waals surface area contributed by atoms with E-state index >= 15 is 0 Å². The van der Waals surface area contributed by atoms with Crippen LogP contribution in [0, 0.1) is 35.4 Å². The first-order chi connectivity index (χ1) is 16.7. The van der Waals surface area contributed by atoms with Crippen molar-refractivity contribution in [1.29, 1.82) is 5.41 Å². The number of hydrogen-bond acceptors (Lipinski definition) is 3. The number of hydrogen-bond donors (Lipinski definition) is 1. The summed E-state index contributed by atoms with van der Waals surface area (Å²) in [6.45, 7) is 9.27. The van der Waals surface area contributed by atoms with E-state index in [9.17, 15) is 9.18 Å². The molecule has 4 heteroatoms. The van der Waals surface area contributed by atoms with Crippen LogP contribution in [0.5, 0.6) is 0 Å². The number of rotatable bonds is 8. The van der Waals surface area contributed by atoms with Crippen LogP contribution in [0.15, 0.2) is 36.4 Å². The molecule has 0 unspecified atom stereocenters. The Morgan fingerprint density at radius 3 is 2.26 bits per heavy atom.